The highest BCUT2D eigenvalue weighted by Crippen LogP contribution is 2.48. The molecule has 0 saturated heterocycles. The van der Waals surface area contributed by atoms with Crippen molar-refractivity contribution in [1.29, 1.82) is 0 Å². The standard InChI is InChI=1S/C12H21N3/c1-2-4-12(5-6-12)11-13-8-10-15-9-3-7-14-15/h3,7,9,13H,2,4-6,8,10-11H2,1H3. The van der Waals surface area contributed by atoms with Gasteiger partial charge in [-0.15, -0.1) is 0 Å². The van der Waals surface area contributed by atoms with E-state index in [0.717, 1.165) is 13.1 Å². The Morgan fingerprint density at radius 3 is 2.93 bits per heavy atom. The Morgan fingerprint density at radius 1 is 1.47 bits per heavy atom. The average molecular weight is 207 g/mol. The molecule has 3 nitrogen and oxygen atoms in total. The summed E-state index contributed by atoms with van der Waals surface area (Å²) >= 11 is 0. The molecule has 0 aromatic carbocycles. The molecule has 0 aliphatic heterocycles. The summed E-state index contributed by atoms with van der Waals surface area (Å²) < 4.78 is 1.98. The van der Waals surface area contributed by atoms with Gasteiger partial charge >= 0.3 is 0 Å². The number of hydrogen-bond donors (Lipinski definition) is 1. The minimum absolute atomic E-state index is 0.666. The average Bonchev–Trinajstić information content (AvgIpc) is 2.80. The summed E-state index contributed by atoms with van der Waals surface area (Å²) in [5.41, 5.74) is 0.666. The second-order valence-corrected chi connectivity index (χ2v) is 4.70. The first kappa shape index (κ1) is 10.7. The minimum Gasteiger partial charge on any atom is -0.314 e. The van der Waals surface area contributed by atoms with E-state index in [1.807, 2.05) is 23.1 Å². The first-order valence-electron chi connectivity index (χ1n) is 6.03. The summed E-state index contributed by atoms with van der Waals surface area (Å²) in [4.78, 5) is 0. The fourth-order valence-electron chi connectivity index (χ4n) is 2.20. The quantitative estimate of drug-likeness (QED) is 0.694. The van der Waals surface area contributed by atoms with Crippen molar-refractivity contribution in [1.82, 2.24) is 15.1 Å². The van der Waals surface area contributed by atoms with Crippen LogP contribution in [-0.2, 0) is 6.54 Å². The third-order valence-electron chi connectivity index (χ3n) is 3.31. The van der Waals surface area contributed by atoms with Crippen molar-refractivity contribution in [2.75, 3.05) is 13.1 Å². The Kier molecular flexibility index (Phi) is 3.41. The van der Waals surface area contributed by atoms with E-state index in [-0.39, 0.29) is 0 Å². The van der Waals surface area contributed by atoms with Crippen LogP contribution in [0.2, 0.25) is 0 Å². The molecule has 2 rings (SSSR count). The van der Waals surface area contributed by atoms with Crippen molar-refractivity contribution in [3.05, 3.63) is 18.5 Å². The van der Waals surface area contributed by atoms with Crippen LogP contribution in [0.1, 0.15) is 32.6 Å². The molecule has 1 aromatic heterocycles. The van der Waals surface area contributed by atoms with Crippen LogP contribution in [0.4, 0.5) is 0 Å². The van der Waals surface area contributed by atoms with Crippen LogP contribution in [0.25, 0.3) is 0 Å². The molecule has 0 amide bonds. The van der Waals surface area contributed by atoms with E-state index in [9.17, 15) is 0 Å². The van der Waals surface area contributed by atoms with Crippen molar-refractivity contribution in [2.45, 2.75) is 39.2 Å². The molecule has 0 atom stereocenters. The zero-order valence-corrected chi connectivity index (χ0v) is 9.58. The number of rotatable bonds is 7. The first-order chi connectivity index (χ1) is 7.35. The van der Waals surface area contributed by atoms with Gasteiger partial charge in [0.2, 0.25) is 0 Å². The Hall–Kier alpha value is -0.830. The second-order valence-electron chi connectivity index (χ2n) is 4.70. The maximum Gasteiger partial charge on any atom is 0.0533 e. The SMILES string of the molecule is CCCC1(CNCCn2cccn2)CC1. The second kappa shape index (κ2) is 4.79. The van der Waals surface area contributed by atoms with Crippen LogP contribution >= 0.6 is 0 Å². The predicted octanol–water partition coefficient (Wildman–Crippen LogP) is 2.05. The van der Waals surface area contributed by atoms with E-state index in [1.165, 1.54) is 32.2 Å². The smallest absolute Gasteiger partial charge is 0.0533 e. The topological polar surface area (TPSA) is 29.9 Å². The lowest BCUT2D eigenvalue weighted by Gasteiger charge is -2.14. The molecular weight excluding hydrogens is 186 g/mol. The van der Waals surface area contributed by atoms with Gasteiger partial charge in [-0.25, -0.2) is 0 Å². The van der Waals surface area contributed by atoms with Crippen molar-refractivity contribution in [2.24, 2.45) is 5.41 Å². The monoisotopic (exact) mass is 207 g/mol. The van der Waals surface area contributed by atoms with Crippen LogP contribution < -0.4 is 5.32 Å². The van der Waals surface area contributed by atoms with Gasteiger partial charge in [0.05, 0.1) is 6.54 Å². The lowest BCUT2D eigenvalue weighted by atomic mass is 10.0. The molecule has 0 bridgehead atoms. The number of nitrogens with one attached hydrogen (secondary N) is 1. The van der Waals surface area contributed by atoms with Crippen LogP contribution in [-0.4, -0.2) is 22.9 Å². The third-order valence-corrected chi connectivity index (χ3v) is 3.31. The van der Waals surface area contributed by atoms with Gasteiger partial charge in [-0.05, 0) is 30.7 Å². The van der Waals surface area contributed by atoms with Crippen LogP contribution in [0.3, 0.4) is 0 Å². The van der Waals surface area contributed by atoms with Gasteiger partial charge in [0.1, 0.15) is 0 Å². The Morgan fingerprint density at radius 2 is 2.33 bits per heavy atom. The van der Waals surface area contributed by atoms with Gasteiger partial charge in [0, 0.05) is 25.5 Å². The summed E-state index contributed by atoms with van der Waals surface area (Å²) in [6, 6.07) is 1.97. The third kappa shape index (κ3) is 3.06. The first-order valence-corrected chi connectivity index (χ1v) is 6.03. The zero-order chi connectivity index (χ0) is 10.6. The molecule has 3 heteroatoms. The van der Waals surface area contributed by atoms with E-state index in [2.05, 4.69) is 17.3 Å². The zero-order valence-electron chi connectivity index (χ0n) is 9.58. The molecule has 1 N–H and O–H groups in total. The molecule has 1 saturated carbocycles. The van der Waals surface area contributed by atoms with Crippen molar-refractivity contribution >= 4 is 0 Å². The van der Waals surface area contributed by atoms with Gasteiger partial charge in [0.25, 0.3) is 0 Å². The molecule has 0 spiro atoms. The normalized spacial score (nSPS) is 17.9. The van der Waals surface area contributed by atoms with Gasteiger partial charge in [0.15, 0.2) is 0 Å². The Bertz CT molecular complexity index is 275. The maximum atomic E-state index is 4.18. The van der Waals surface area contributed by atoms with Gasteiger partial charge < -0.3 is 5.32 Å². The minimum atomic E-state index is 0.666. The van der Waals surface area contributed by atoms with Crippen molar-refractivity contribution in [3.63, 3.8) is 0 Å². The molecule has 1 fully saturated rings. The predicted molar refractivity (Wildman–Crippen MR) is 61.7 cm³/mol. The van der Waals surface area contributed by atoms with Crippen LogP contribution in [0.15, 0.2) is 18.5 Å². The molecule has 1 aliphatic carbocycles. The molecule has 1 aromatic rings. The van der Waals surface area contributed by atoms with Gasteiger partial charge in [-0.3, -0.25) is 4.68 Å². The van der Waals surface area contributed by atoms with Gasteiger partial charge in [-0.2, -0.15) is 5.10 Å². The van der Waals surface area contributed by atoms with E-state index < -0.39 is 0 Å². The van der Waals surface area contributed by atoms with Gasteiger partial charge in [-0.1, -0.05) is 13.3 Å². The number of hydrogen-bond acceptors (Lipinski definition) is 2. The summed E-state index contributed by atoms with van der Waals surface area (Å²) in [6.07, 6.45) is 9.41. The molecule has 15 heavy (non-hydrogen) atoms. The van der Waals surface area contributed by atoms with E-state index in [1.54, 1.807) is 0 Å². The van der Waals surface area contributed by atoms with E-state index >= 15 is 0 Å². The summed E-state index contributed by atoms with van der Waals surface area (Å²) in [7, 11) is 0. The maximum absolute atomic E-state index is 4.18. The summed E-state index contributed by atoms with van der Waals surface area (Å²) in [6.45, 7) is 5.49. The molecule has 0 radical (unpaired) electrons. The molecule has 84 valence electrons. The highest BCUT2D eigenvalue weighted by Gasteiger charge is 2.40. The van der Waals surface area contributed by atoms with Crippen molar-refractivity contribution < 1.29 is 0 Å². The van der Waals surface area contributed by atoms with Crippen LogP contribution in [0.5, 0.6) is 0 Å². The summed E-state index contributed by atoms with van der Waals surface area (Å²) in [5.74, 6) is 0. The molecule has 1 aliphatic rings. The van der Waals surface area contributed by atoms with E-state index in [4.69, 9.17) is 0 Å². The lowest BCUT2D eigenvalue weighted by Crippen LogP contribution is -2.27. The fourth-order valence-corrected chi connectivity index (χ4v) is 2.20. The number of nitrogens with zero attached hydrogens (tertiary/aromatic N) is 2. The van der Waals surface area contributed by atoms with Crippen LogP contribution in [0, 0.1) is 5.41 Å². The molecule has 0 unspecified atom stereocenters. The molecular formula is C12H21N3. The highest BCUT2D eigenvalue weighted by molar-refractivity contribution is 4.94. The largest absolute Gasteiger partial charge is 0.314 e. The number of aromatic nitrogens is 2. The summed E-state index contributed by atoms with van der Waals surface area (Å²) in [5, 5.41) is 7.73. The Balaban J connectivity index is 1.59. The van der Waals surface area contributed by atoms with E-state index in [0.29, 0.717) is 5.41 Å². The van der Waals surface area contributed by atoms with Crippen molar-refractivity contribution in [3.8, 4) is 0 Å². The molecule has 1 heterocycles. The highest BCUT2D eigenvalue weighted by atomic mass is 15.3. The lowest BCUT2D eigenvalue weighted by molar-refractivity contribution is 0.411. The fraction of sp³-hybridized carbons (Fsp3) is 0.750. The Labute approximate surface area is 91.9 Å².